The topological polar surface area (TPSA) is 96.9 Å². The second-order valence-electron chi connectivity index (χ2n) is 5.12. The van der Waals surface area contributed by atoms with E-state index in [2.05, 4.69) is 25.7 Å². The Morgan fingerprint density at radius 2 is 2.12 bits per heavy atom. The van der Waals surface area contributed by atoms with Gasteiger partial charge in [-0.1, -0.05) is 0 Å². The number of hydrogen-bond donors (Lipinski definition) is 3. The molecule has 0 atom stereocenters. The molecule has 1 aromatic carbocycles. The highest BCUT2D eigenvalue weighted by Gasteiger charge is 2.09. The van der Waals surface area contributed by atoms with Crippen LogP contribution in [0.1, 0.15) is 11.5 Å². The summed E-state index contributed by atoms with van der Waals surface area (Å²) in [4.78, 5) is 18.9. The zero-order chi connectivity index (χ0) is 16.9. The first-order chi connectivity index (χ1) is 11.7. The van der Waals surface area contributed by atoms with Crippen LogP contribution in [0.25, 0.3) is 5.69 Å². The van der Waals surface area contributed by atoms with E-state index in [1.165, 1.54) is 0 Å². The van der Waals surface area contributed by atoms with E-state index >= 15 is 0 Å². The van der Waals surface area contributed by atoms with Crippen LogP contribution in [0, 0.1) is 6.92 Å². The maximum atomic E-state index is 11.9. The van der Waals surface area contributed by atoms with Gasteiger partial charge >= 0.3 is 6.03 Å². The Morgan fingerprint density at radius 3 is 2.79 bits per heavy atom. The van der Waals surface area contributed by atoms with E-state index in [0.29, 0.717) is 18.2 Å². The number of urea groups is 1. The number of imidazole rings is 1. The number of hydrogen-bond acceptors (Lipinski definition) is 4. The van der Waals surface area contributed by atoms with Crippen LogP contribution < -0.4 is 15.4 Å². The van der Waals surface area contributed by atoms with Crippen molar-refractivity contribution in [3.63, 3.8) is 0 Å². The Morgan fingerprint density at radius 1 is 1.33 bits per heavy atom. The molecular formula is C16H18N6O2. The van der Waals surface area contributed by atoms with Gasteiger partial charge in [-0.2, -0.15) is 0 Å². The van der Waals surface area contributed by atoms with E-state index in [1.807, 2.05) is 31.2 Å². The number of rotatable bonds is 5. The summed E-state index contributed by atoms with van der Waals surface area (Å²) < 4.78 is 6.90. The highest BCUT2D eigenvalue weighted by atomic mass is 16.5. The van der Waals surface area contributed by atoms with Crippen molar-refractivity contribution in [1.29, 1.82) is 0 Å². The molecule has 2 aromatic heterocycles. The van der Waals surface area contributed by atoms with Gasteiger partial charge in [0.1, 0.15) is 11.6 Å². The van der Waals surface area contributed by atoms with Gasteiger partial charge in [-0.25, -0.2) is 14.5 Å². The number of benzene rings is 1. The van der Waals surface area contributed by atoms with Crippen molar-refractivity contribution in [1.82, 2.24) is 25.1 Å². The molecule has 0 aliphatic rings. The van der Waals surface area contributed by atoms with E-state index in [-0.39, 0.29) is 6.03 Å². The van der Waals surface area contributed by atoms with Gasteiger partial charge in [-0.3, -0.25) is 5.32 Å². The number of anilines is 1. The number of methoxy groups -OCH3 is 1. The van der Waals surface area contributed by atoms with Gasteiger partial charge in [0.25, 0.3) is 0 Å². The third-order valence-corrected chi connectivity index (χ3v) is 3.42. The van der Waals surface area contributed by atoms with Gasteiger partial charge in [-0.05, 0) is 31.2 Å². The first-order valence-electron chi connectivity index (χ1n) is 7.40. The second kappa shape index (κ2) is 6.86. The van der Waals surface area contributed by atoms with Gasteiger partial charge in [0.2, 0.25) is 0 Å². The number of H-pyrrole nitrogens is 1. The summed E-state index contributed by atoms with van der Waals surface area (Å²) in [6, 6.07) is 8.99. The summed E-state index contributed by atoms with van der Waals surface area (Å²) >= 11 is 0. The summed E-state index contributed by atoms with van der Waals surface area (Å²) in [5.41, 5.74) is 1.79. The largest absolute Gasteiger partial charge is 0.497 e. The molecule has 124 valence electrons. The van der Waals surface area contributed by atoms with Crippen LogP contribution in [0.3, 0.4) is 0 Å². The minimum absolute atomic E-state index is 0.316. The summed E-state index contributed by atoms with van der Waals surface area (Å²) in [6.07, 6.45) is 3.34. The standard InChI is InChI=1S/C16H18N6O2/c1-11-9-14(20-16(23)19-10-15-17-7-8-18-15)21-22(11)12-3-5-13(24-2)6-4-12/h3-9H,10H2,1-2H3,(H,17,18)(H2,19,20,21,23). The van der Waals surface area contributed by atoms with Crippen molar-refractivity contribution in [3.05, 3.63) is 54.2 Å². The quantitative estimate of drug-likeness (QED) is 0.670. The first-order valence-corrected chi connectivity index (χ1v) is 7.40. The van der Waals surface area contributed by atoms with Crippen LogP contribution in [0.2, 0.25) is 0 Å². The van der Waals surface area contributed by atoms with Gasteiger partial charge < -0.3 is 15.0 Å². The number of aromatic nitrogens is 4. The van der Waals surface area contributed by atoms with Crippen LogP contribution in [0.5, 0.6) is 5.75 Å². The Hall–Kier alpha value is -3.29. The number of ether oxygens (including phenoxy) is 1. The van der Waals surface area contributed by atoms with Crippen molar-refractivity contribution >= 4 is 11.8 Å². The summed E-state index contributed by atoms with van der Waals surface area (Å²) in [6.45, 7) is 2.24. The van der Waals surface area contributed by atoms with E-state index in [1.54, 1.807) is 30.3 Å². The van der Waals surface area contributed by atoms with E-state index in [0.717, 1.165) is 17.1 Å². The predicted molar refractivity (Wildman–Crippen MR) is 89.3 cm³/mol. The fourth-order valence-electron chi connectivity index (χ4n) is 2.24. The van der Waals surface area contributed by atoms with Gasteiger partial charge in [-0.15, -0.1) is 5.10 Å². The molecule has 0 unspecified atom stereocenters. The van der Waals surface area contributed by atoms with Crippen molar-refractivity contribution in [3.8, 4) is 11.4 Å². The molecule has 3 rings (SSSR count). The fourth-order valence-corrected chi connectivity index (χ4v) is 2.24. The molecule has 24 heavy (non-hydrogen) atoms. The zero-order valence-electron chi connectivity index (χ0n) is 13.4. The monoisotopic (exact) mass is 326 g/mol. The molecule has 0 saturated heterocycles. The third-order valence-electron chi connectivity index (χ3n) is 3.42. The first kappa shape index (κ1) is 15.6. The lowest BCUT2D eigenvalue weighted by Gasteiger charge is -2.06. The van der Waals surface area contributed by atoms with Crippen LogP contribution in [0.15, 0.2) is 42.7 Å². The van der Waals surface area contributed by atoms with Gasteiger partial charge in [0, 0.05) is 24.2 Å². The van der Waals surface area contributed by atoms with Crippen molar-refractivity contribution in [2.45, 2.75) is 13.5 Å². The SMILES string of the molecule is COc1ccc(-n2nc(NC(=O)NCc3ncc[nH]3)cc2C)cc1. The number of amides is 2. The normalized spacial score (nSPS) is 10.4. The molecule has 8 heteroatoms. The minimum Gasteiger partial charge on any atom is -0.497 e. The maximum absolute atomic E-state index is 11.9. The highest BCUT2D eigenvalue weighted by Crippen LogP contribution is 2.18. The molecule has 2 amide bonds. The Kier molecular flexibility index (Phi) is 4.46. The van der Waals surface area contributed by atoms with E-state index in [4.69, 9.17) is 4.74 Å². The Balaban J connectivity index is 1.65. The van der Waals surface area contributed by atoms with E-state index in [9.17, 15) is 4.79 Å². The molecule has 8 nitrogen and oxygen atoms in total. The lowest BCUT2D eigenvalue weighted by Crippen LogP contribution is -2.28. The van der Waals surface area contributed by atoms with Crippen LogP contribution in [0.4, 0.5) is 10.6 Å². The summed E-state index contributed by atoms with van der Waals surface area (Å²) in [5, 5.41) is 9.82. The average Bonchev–Trinajstić information content (AvgIpc) is 3.23. The maximum Gasteiger partial charge on any atom is 0.320 e. The molecule has 0 saturated carbocycles. The lowest BCUT2D eigenvalue weighted by atomic mass is 10.3. The average molecular weight is 326 g/mol. The summed E-state index contributed by atoms with van der Waals surface area (Å²) in [7, 11) is 1.62. The molecule has 3 aromatic rings. The molecular weight excluding hydrogens is 308 g/mol. The molecule has 0 spiro atoms. The van der Waals surface area contributed by atoms with Gasteiger partial charge in [0.15, 0.2) is 5.82 Å². The molecule has 0 radical (unpaired) electrons. The Bertz CT molecular complexity index is 808. The second-order valence-corrected chi connectivity index (χ2v) is 5.12. The Labute approximate surface area is 138 Å². The molecule has 0 fully saturated rings. The number of aromatic amines is 1. The minimum atomic E-state index is -0.342. The number of aryl methyl sites for hydroxylation is 1. The number of carbonyl (C=O) groups is 1. The van der Waals surface area contributed by atoms with Crippen molar-refractivity contribution < 1.29 is 9.53 Å². The third kappa shape index (κ3) is 3.54. The van der Waals surface area contributed by atoms with Crippen LogP contribution >= 0.6 is 0 Å². The van der Waals surface area contributed by atoms with Crippen LogP contribution in [-0.2, 0) is 6.54 Å². The van der Waals surface area contributed by atoms with Gasteiger partial charge in [0.05, 0.1) is 19.3 Å². The lowest BCUT2D eigenvalue weighted by molar-refractivity contribution is 0.251. The predicted octanol–water partition coefficient (Wildman–Crippen LogP) is 2.23. The summed E-state index contributed by atoms with van der Waals surface area (Å²) in [5.74, 6) is 1.93. The molecule has 3 N–H and O–H groups in total. The van der Waals surface area contributed by atoms with Crippen molar-refractivity contribution in [2.75, 3.05) is 12.4 Å². The zero-order valence-corrected chi connectivity index (χ0v) is 13.4. The molecule has 0 aliphatic heterocycles. The smallest absolute Gasteiger partial charge is 0.320 e. The number of nitrogens with one attached hydrogen (secondary N) is 3. The molecule has 0 aliphatic carbocycles. The molecule has 2 heterocycles. The number of nitrogens with zero attached hydrogens (tertiary/aromatic N) is 3. The molecule has 0 bridgehead atoms. The van der Waals surface area contributed by atoms with Crippen LogP contribution in [-0.4, -0.2) is 32.9 Å². The fraction of sp³-hybridized carbons (Fsp3) is 0.188. The van der Waals surface area contributed by atoms with E-state index < -0.39 is 0 Å². The van der Waals surface area contributed by atoms with Crippen molar-refractivity contribution in [2.24, 2.45) is 0 Å². The highest BCUT2D eigenvalue weighted by molar-refractivity contribution is 5.88. The number of carbonyl (C=O) groups excluding carboxylic acids is 1.